The van der Waals surface area contributed by atoms with Crippen LogP contribution in [-0.4, -0.2) is 19.3 Å². The van der Waals surface area contributed by atoms with E-state index in [9.17, 15) is 23.3 Å². The van der Waals surface area contributed by atoms with Crippen LogP contribution in [0.4, 0.5) is 5.69 Å². The number of esters is 1. The van der Waals surface area contributed by atoms with E-state index < -0.39 is 26.8 Å². The highest BCUT2D eigenvalue weighted by Crippen LogP contribution is 2.27. The highest BCUT2D eigenvalue weighted by Gasteiger charge is 2.26. The molecule has 7 nitrogen and oxygen atoms in total. The fourth-order valence-electron chi connectivity index (χ4n) is 2.76. The van der Waals surface area contributed by atoms with E-state index in [1.54, 1.807) is 25.1 Å². The summed E-state index contributed by atoms with van der Waals surface area (Å²) in [5.41, 5.74) is 0.443. The summed E-state index contributed by atoms with van der Waals surface area (Å²) in [6.07, 6.45) is -0.571. The minimum absolute atomic E-state index is 0.103. The molecule has 29 heavy (non-hydrogen) atoms. The quantitative estimate of drug-likeness (QED) is 0.339. The predicted molar refractivity (Wildman–Crippen MR) is 105 cm³/mol. The molecule has 8 heteroatoms. The van der Waals surface area contributed by atoms with E-state index in [1.165, 1.54) is 18.2 Å². The van der Waals surface area contributed by atoms with Crippen LogP contribution in [0.5, 0.6) is 0 Å². The number of benzene rings is 3. The Morgan fingerprint density at radius 3 is 2.14 bits per heavy atom. The molecule has 0 heterocycles. The normalized spacial score (nSPS) is 12.2. The maximum atomic E-state index is 13.0. The lowest BCUT2D eigenvalue weighted by Crippen LogP contribution is -2.14. The first-order valence-electron chi connectivity index (χ1n) is 8.65. The highest BCUT2D eigenvalue weighted by molar-refractivity contribution is 7.91. The first-order valence-corrected chi connectivity index (χ1v) is 10.1. The summed E-state index contributed by atoms with van der Waals surface area (Å²) in [6.45, 7) is 1.70. The average Bonchev–Trinajstić information content (AvgIpc) is 2.74. The second kappa shape index (κ2) is 8.24. The molecule has 0 aliphatic rings. The van der Waals surface area contributed by atoms with Crippen molar-refractivity contribution in [3.63, 3.8) is 0 Å². The zero-order valence-corrected chi connectivity index (χ0v) is 16.2. The van der Waals surface area contributed by atoms with Crippen LogP contribution >= 0.6 is 0 Å². The fourth-order valence-corrected chi connectivity index (χ4v) is 4.21. The van der Waals surface area contributed by atoms with Gasteiger partial charge in [0.25, 0.3) is 5.69 Å². The predicted octanol–water partition coefficient (Wildman–Crippen LogP) is 4.35. The van der Waals surface area contributed by atoms with Gasteiger partial charge in [0.05, 0.1) is 20.3 Å². The minimum Gasteiger partial charge on any atom is -0.454 e. The van der Waals surface area contributed by atoms with E-state index in [-0.39, 0.29) is 21.0 Å². The maximum absolute atomic E-state index is 13.0. The Bertz CT molecular complexity index is 1140. The van der Waals surface area contributed by atoms with E-state index in [1.807, 2.05) is 18.2 Å². The third-order valence-electron chi connectivity index (χ3n) is 4.31. The Morgan fingerprint density at radius 2 is 1.52 bits per heavy atom. The van der Waals surface area contributed by atoms with Crippen molar-refractivity contribution in [2.75, 3.05) is 0 Å². The third-order valence-corrected chi connectivity index (χ3v) is 6.13. The van der Waals surface area contributed by atoms with Gasteiger partial charge in [-0.3, -0.25) is 10.1 Å². The number of nitro groups is 1. The minimum atomic E-state index is -4.08. The van der Waals surface area contributed by atoms with Crippen LogP contribution in [-0.2, 0) is 14.6 Å². The third kappa shape index (κ3) is 4.33. The molecule has 148 valence electrons. The molecule has 0 amide bonds. The summed E-state index contributed by atoms with van der Waals surface area (Å²) in [6, 6.07) is 19.3. The van der Waals surface area contributed by atoms with Gasteiger partial charge in [0.15, 0.2) is 0 Å². The van der Waals surface area contributed by atoms with Crippen LogP contribution < -0.4 is 0 Å². The lowest BCUT2D eigenvalue weighted by atomic mass is 10.1. The van der Waals surface area contributed by atoms with Gasteiger partial charge in [-0.15, -0.1) is 0 Å². The molecule has 0 saturated heterocycles. The molecule has 0 aliphatic carbocycles. The van der Waals surface area contributed by atoms with Crippen molar-refractivity contribution >= 4 is 21.5 Å². The SMILES string of the molecule is C[C@@H](OC(=O)c1ccccc1S(=O)(=O)c1ccc([N+](=O)[O-])cc1)c1ccccc1. The number of hydrogen-bond donors (Lipinski definition) is 0. The number of hydrogen-bond acceptors (Lipinski definition) is 6. The van der Waals surface area contributed by atoms with Gasteiger partial charge in [-0.2, -0.15) is 0 Å². The van der Waals surface area contributed by atoms with Crippen molar-refractivity contribution in [3.8, 4) is 0 Å². The number of nitrogens with zero attached hydrogens (tertiary/aromatic N) is 1. The lowest BCUT2D eigenvalue weighted by Gasteiger charge is -2.15. The molecule has 0 unspecified atom stereocenters. The lowest BCUT2D eigenvalue weighted by molar-refractivity contribution is -0.384. The Balaban J connectivity index is 1.93. The molecular formula is C21H17NO6S. The van der Waals surface area contributed by atoms with Gasteiger partial charge in [0.1, 0.15) is 6.10 Å². The van der Waals surface area contributed by atoms with Crippen molar-refractivity contribution in [3.05, 3.63) is 100 Å². The zero-order chi connectivity index (χ0) is 21.0. The number of sulfone groups is 1. The number of ether oxygens (including phenoxy) is 1. The molecular weight excluding hydrogens is 394 g/mol. The molecule has 0 aromatic heterocycles. The van der Waals surface area contributed by atoms with Crippen LogP contribution in [0, 0.1) is 10.1 Å². The molecule has 0 bridgehead atoms. The van der Waals surface area contributed by atoms with Gasteiger partial charge in [0.2, 0.25) is 9.84 Å². The Hall–Kier alpha value is -3.52. The van der Waals surface area contributed by atoms with E-state index >= 15 is 0 Å². The monoisotopic (exact) mass is 411 g/mol. The average molecular weight is 411 g/mol. The first kappa shape index (κ1) is 20.2. The number of carbonyl (C=O) groups is 1. The van der Waals surface area contributed by atoms with Crippen molar-refractivity contribution in [1.29, 1.82) is 0 Å². The molecule has 1 atom stereocenters. The molecule has 0 radical (unpaired) electrons. The van der Waals surface area contributed by atoms with E-state index in [2.05, 4.69) is 0 Å². The highest BCUT2D eigenvalue weighted by atomic mass is 32.2. The molecule has 3 rings (SSSR count). The van der Waals surface area contributed by atoms with E-state index in [0.717, 1.165) is 29.8 Å². The molecule has 3 aromatic rings. The molecule has 0 N–H and O–H groups in total. The van der Waals surface area contributed by atoms with Crippen LogP contribution in [0.1, 0.15) is 28.9 Å². The summed E-state index contributed by atoms with van der Waals surface area (Å²) in [4.78, 5) is 22.5. The Labute approximate surface area is 167 Å². The van der Waals surface area contributed by atoms with E-state index in [0.29, 0.717) is 0 Å². The molecule has 0 fully saturated rings. The summed E-state index contributed by atoms with van der Waals surface area (Å²) >= 11 is 0. The van der Waals surface area contributed by atoms with E-state index in [4.69, 9.17) is 4.74 Å². The number of rotatable bonds is 6. The van der Waals surface area contributed by atoms with Gasteiger partial charge >= 0.3 is 5.97 Å². The van der Waals surface area contributed by atoms with Gasteiger partial charge < -0.3 is 4.74 Å². The first-order chi connectivity index (χ1) is 13.8. The van der Waals surface area contributed by atoms with Crippen molar-refractivity contribution in [2.24, 2.45) is 0 Å². The molecule has 0 spiro atoms. The largest absolute Gasteiger partial charge is 0.454 e. The second-order valence-corrected chi connectivity index (χ2v) is 8.13. The van der Waals surface area contributed by atoms with Crippen LogP contribution in [0.2, 0.25) is 0 Å². The fraction of sp³-hybridized carbons (Fsp3) is 0.0952. The standard InChI is InChI=1S/C21H17NO6S/c1-15(16-7-3-2-4-8-16)28-21(23)19-9-5-6-10-20(19)29(26,27)18-13-11-17(12-14-18)22(24)25/h2-15H,1H3/t15-/m1/s1. The number of non-ortho nitro benzene ring substituents is 1. The second-order valence-electron chi connectivity index (χ2n) is 6.21. The summed E-state index contributed by atoms with van der Waals surface area (Å²) < 4.78 is 31.5. The van der Waals surface area contributed by atoms with Crippen molar-refractivity contribution in [2.45, 2.75) is 22.8 Å². The van der Waals surface area contributed by atoms with Crippen LogP contribution in [0.3, 0.4) is 0 Å². The van der Waals surface area contributed by atoms with Crippen LogP contribution in [0.25, 0.3) is 0 Å². The maximum Gasteiger partial charge on any atom is 0.340 e. The molecule has 0 aliphatic heterocycles. The van der Waals surface area contributed by atoms with Crippen LogP contribution in [0.15, 0.2) is 88.7 Å². The van der Waals surface area contributed by atoms with Gasteiger partial charge in [-0.25, -0.2) is 13.2 Å². The Morgan fingerprint density at radius 1 is 0.931 bits per heavy atom. The van der Waals surface area contributed by atoms with Gasteiger partial charge in [-0.05, 0) is 36.8 Å². The summed E-state index contributed by atoms with van der Waals surface area (Å²) in [5, 5.41) is 10.8. The van der Waals surface area contributed by atoms with Crippen molar-refractivity contribution < 1.29 is 22.9 Å². The Kier molecular flexibility index (Phi) is 5.74. The molecule has 3 aromatic carbocycles. The van der Waals surface area contributed by atoms with Gasteiger partial charge in [0, 0.05) is 12.1 Å². The number of carbonyl (C=O) groups excluding carboxylic acids is 1. The number of nitro benzene ring substituents is 1. The zero-order valence-electron chi connectivity index (χ0n) is 15.4. The molecule has 0 saturated carbocycles. The van der Waals surface area contributed by atoms with Gasteiger partial charge in [-0.1, -0.05) is 42.5 Å². The summed E-state index contributed by atoms with van der Waals surface area (Å²) in [7, 11) is -4.08. The smallest absolute Gasteiger partial charge is 0.340 e. The summed E-state index contributed by atoms with van der Waals surface area (Å²) in [5.74, 6) is -0.776. The topological polar surface area (TPSA) is 104 Å². The van der Waals surface area contributed by atoms with Crippen molar-refractivity contribution in [1.82, 2.24) is 0 Å².